The van der Waals surface area contributed by atoms with Gasteiger partial charge in [0.2, 0.25) is 11.6 Å². The highest BCUT2D eigenvalue weighted by atomic mass is 16.2. The summed E-state index contributed by atoms with van der Waals surface area (Å²) in [6.45, 7) is 5.16. The molecule has 1 aliphatic heterocycles. The number of nitrogens with zero attached hydrogens (tertiary/aromatic N) is 5. The number of piperazine rings is 1. The van der Waals surface area contributed by atoms with E-state index >= 15 is 0 Å². The van der Waals surface area contributed by atoms with Crippen LogP contribution in [0.1, 0.15) is 23.0 Å². The fourth-order valence-corrected chi connectivity index (χ4v) is 3.23. The van der Waals surface area contributed by atoms with Gasteiger partial charge in [0, 0.05) is 25.5 Å². The molecule has 1 saturated heterocycles. The second-order valence-corrected chi connectivity index (χ2v) is 5.94. The Morgan fingerprint density at radius 3 is 2.88 bits per heavy atom. The molecule has 7 heteroatoms. The zero-order valence-electron chi connectivity index (χ0n) is 13.6. The van der Waals surface area contributed by atoms with Gasteiger partial charge in [-0.05, 0) is 25.0 Å². The third-order valence-corrected chi connectivity index (χ3v) is 4.45. The number of rotatable bonds is 2. The summed E-state index contributed by atoms with van der Waals surface area (Å²) in [5.41, 5.74) is 2.73. The van der Waals surface area contributed by atoms with Crippen molar-refractivity contribution in [1.29, 1.82) is 0 Å². The van der Waals surface area contributed by atoms with E-state index in [-0.39, 0.29) is 5.91 Å². The summed E-state index contributed by atoms with van der Waals surface area (Å²) in [6, 6.07) is 7.52. The van der Waals surface area contributed by atoms with E-state index in [1.165, 1.54) is 0 Å². The maximum absolute atomic E-state index is 12.6. The van der Waals surface area contributed by atoms with Gasteiger partial charge in [-0.2, -0.15) is 0 Å². The van der Waals surface area contributed by atoms with Crippen LogP contribution in [0.2, 0.25) is 0 Å². The molecule has 1 amide bonds. The molecule has 1 aromatic carbocycles. The molecule has 24 heavy (non-hydrogen) atoms. The summed E-state index contributed by atoms with van der Waals surface area (Å²) < 4.78 is 1.89. The number of hydrogen-bond donors (Lipinski definition) is 1. The number of carbonyl (C=O) groups is 1. The van der Waals surface area contributed by atoms with Crippen LogP contribution in [0.15, 0.2) is 36.7 Å². The predicted molar refractivity (Wildman–Crippen MR) is 89.8 cm³/mol. The van der Waals surface area contributed by atoms with Gasteiger partial charge in [-0.3, -0.25) is 9.20 Å². The highest BCUT2D eigenvalue weighted by molar-refractivity contribution is 5.89. The largest absolute Gasteiger partial charge is 0.352 e. The summed E-state index contributed by atoms with van der Waals surface area (Å²) in [5.74, 6) is 1.46. The van der Waals surface area contributed by atoms with Crippen LogP contribution in [0.5, 0.6) is 0 Å². The Balaban J connectivity index is 1.88. The van der Waals surface area contributed by atoms with E-state index in [9.17, 15) is 4.79 Å². The fraction of sp³-hybridized carbons (Fsp3) is 0.294. The van der Waals surface area contributed by atoms with Crippen LogP contribution >= 0.6 is 0 Å². The number of amides is 1. The van der Waals surface area contributed by atoms with Crippen molar-refractivity contribution < 1.29 is 4.79 Å². The van der Waals surface area contributed by atoms with Gasteiger partial charge in [0.05, 0.1) is 0 Å². The molecule has 3 heterocycles. The predicted octanol–water partition coefficient (Wildman–Crippen LogP) is 1.42. The number of benzene rings is 1. The average Bonchev–Trinajstić information content (AvgIpc) is 2.97. The first-order valence-corrected chi connectivity index (χ1v) is 7.93. The third-order valence-electron chi connectivity index (χ3n) is 4.45. The van der Waals surface area contributed by atoms with Gasteiger partial charge in [0.1, 0.15) is 11.9 Å². The van der Waals surface area contributed by atoms with Crippen molar-refractivity contribution in [3.05, 3.63) is 53.6 Å². The van der Waals surface area contributed by atoms with Crippen molar-refractivity contribution in [2.24, 2.45) is 0 Å². The highest BCUT2D eigenvalue weighted by Gasteiger charge is 2.34. The molecule has 0 radical (unpaired) electrons. The molecular weight excluding hydrogens is 304 g/mol. The van der Waals surface area contributed by atoms with E-state index in [1.54, 1.807) is 6.20 Å². The molecule has 4 rings (SSSR count). The monoisotopic (exact) mass is 322 g/mol. The summed E-state index contributed by atoms with van der Waals surface area (Å²) >= 11 is 0. The first-order chi connectivity index (χ1) is 11.7. The number of aromatic nitrogens is 4. The maximum Gasteiger partial charge on any atom is 0.247 e. The average molecular weight is 322 g/mol. The van der Waals surface area contributed by atoms with Crippen LogP contribution < -0.4 is 10.2 Å². The Bertz CT molecular complexity index is 918. The molecule has 1 aliphatic rings. The molecule has 1 fully saturated rings. The molecule has 0 saturated carbocycles. The van der Waals surface area contributed by atoms with Crippen LogP contribution in [-0.4, -0.2) is 38.6 Å². The molecular formula is C17H18N6O. The summed E-state index contributed by atoms with van der Waals surface area (Å²) in [7, 11) is 0. The molecule has 1 N–H and O–H groups in total. The lowest BCUT2D eigenvalue weighted by Crippen LogP contribution is -2.50. The summed E-state index contributed by atoms with van der Waals surface area (Å²) in [4.78, 5) is 19.2. The topological polar surface area (TPSA) is 75.4 Å². The van der Waals surface area contributed by atoms with Crippen molar-refractivity contribution in [3.8, 4) is 0 Å². The Morgan fingerprint density at radius 1 is 1.21 bits per heavy atom. The molecule has 0 spiro atoms. The smallest absolute Gasteiger partial charge is 0.247 e. The lowest BCUT2D eigenvalue weighted by atomic mass is 9.98. The van der Waals surface area contributed by atoms with Gasteiger partial charge in [-0.25, -0.2) is 4.98 Å². The molecule has 0 bridgehead atoms. The van der Waals surface area contributed by atoms with Crippen molar-refractivity contribution in [2.45, 2.75) is 19.9 Å². The van der Waals surface area contributed by atoms with Crippen molar-refractivity contribution in [1.82, 2.24) is 24.9 Å². The summed E-state index contributed by atoms with van der Waals surface area (Å²) in [5, 5.41) is 11.3. The van der Waals surface area contributed by atoms with Gasteiger partial charge >= 0.3 is 0 Å². The lowest BCUT2D eigenvalue weighted by Gasteiger charge is -2.36. The number of anilines is 1. The number of fused-ring (bicyclic) bond motifs is 1. The first-order valence-electron chi connectivity index (χ1n) is 7.93. The molecule has 7 nitrogen and oxygen atoms in total. The zero-order chi connectivity index (χ0) is 16.7. The van der Waals surface area contributed by atoms with Crippen molar-refractivity contribution in [2.75, 3.05) is 18.0 Å². The van der Waals surface area contributed by atoms with E-state index in [0.29, 0.717) is 24.6 Å². The molecule has 1 atom stereocenters. The van der Waals surface area contributed by atoms with Gasteiger partial charge < -0.3 is 10.2 Å². The van der Waals surface area contributed by atoms with Crippen LogP contribution in [-0.2, 0) is 4.79 Å². The third kappa shape index (κ3) is 2.20. The quantitative estimate of drug-likeness (QED) is 0.772. The highest BCUT2D eigenvalue weighted by Crippen LogP contribution is 2.31. The Hall–Kier alpha value is -2.96. The van der Waals surface area contributed by atoms with Crippen molar-refractivity contribution in [3.63, 3.8) is 0 Å². The second-order valence-electron chi connectivity index (χ2n) is 5.94. The molecule has 122 valence electrons. The normalized spacial score (nSPS) is 18.0. The molecule has 0 aliphatic carbocycles. The Kier molecular flexibility index (Phi) is 3.41. The van der Waals surface area contributed by atoms with Crippen LogP contribution in [0.4, 0.5) is 5.82 Å². The summed E-state index contributed by atoms with van der Waals surface area (Å²) in [6.07, 6.45) is 3.56. The van der Waals surface area contributed by atoms with E-state index in [0.717, 1.165) is 17.0 Å². The SMILES string of the molecule is Cc1ccccc1C1C(=O)NCCN1c1nccn2c(C)nnc12. The zero-order valence-corrected chi connectivity index (χ0v) is 13.6. The molecule has 1 unspecified atom stereocenters. The maximum atomic E-state index is 12.6. The standard InChI is InChI=1S/C17H18N6O/c1-11-5-3-4-6-13(11)14-17(24)19-8-10-23(14)15-16-21-20-12(2)22(16)9-7-18-15/h3-7,9,14H,8,10H2,1-2H3,(H,19,24). The fourth-order valence-electron chi connectivity index (χ4n) is 3.23. The number of aryl methyl sites for hydroxylation is 2. The Morgan fingerprint density at radius 2 is 2.04 bits per heavy atom. The van der Waals surface area contributed by atoms with Crippen molar-refractivity contribution >= 4 is 17.4 Å². The minimum Gasteiger partial charge on any atom is -0.352 e. The van der Waals surface area contributed by atoms with Crippen LogP contribution in [0.25, 0.3) is 5.65 Å². The molecule has 3 aromatic rings. The minimum atomic E-state index is -0.421. The first kappa shape index (κ1) is 14.6. The van der Waals surface area contributed by atoms with Gasteiger partial charge in [0.15, 0.2) is 5.82 Å². The van der Waals surface area contributed by atoms with Crippen LogP contribution in [0.3, 0.4) is 0 Å². The van der Waals surface area contributed by atoms with Crippen LogP contribution in [0, 0.1) is 13.8 Å². The van der Waals surface area contributed by atoms with E-state index in [2.05, 4.69) is 20.5 Å². The number of hydrogen-bond acceptors (Lipinski definition) is 5. The minimum absolute atomic E-state index is 0.0180. The van der Waals surface area contributed by atoms with Gasteiger partial charge in [-0.1, -0.05) is 24.3 Å². The van der Waals surface area contributed by atoms with Gasteiger partial charge in [0.25, 0.3) is 0 Å². The van der Waals surface area contributed by atoms with E-state index < -0.39 is 6.04 Å². The van der Waals surface area contributed by atoms with E-state index in [1.807, 2.05) is 53.6 Å². The van der Waals surface area contributed by atoms with Gasteiger partial charge in [-0.15, -0.1) is 10.2 Å². The molecule has 2 aromatic heterocycles. The Labute approximate surface area is 139 Å². The lowest BCUT2D eigenvalue weighted by molar-refractivity contribution is -0.123. The van der Waals surface area contributed by atoms with E-state index in [4.69, 9.17) is 0 Å². The second kappa shape index (κ2) is 5.59. The number of nitrogens with one attached hydrogen (secondary N) is 1. The number of carbonyl (C=O) groups excluding carboxylic acids is 1.